The average molecular weight is 537 g/mol. The third-order valence-electron chi connectivity index (χ3n) is 7.80. The topological polar surface area (TPSA) is 101 Å². The van der Waals surface area contributed by atoms with Crippen LogP contribution in [0.1, 0.15) is 18.7 Å². The van der Waals surface area contributed by atoms with Crippen LogP contribution >= 0.6 is 0 Å². The number of imidazole rings is 1. The molecule has 202 valence electrons. The van der Waals surface area contributed by atoms with Crippen LogP contribution in [0.3, 0.4) is 0 Å². The number of nitrogens with one attached hydrogen (secondary N) is 2. The number of aromatic nitrogens is 7. The lowest BCUT2D eigenvalue weighted by Gasteiger charge is -2.15. The van der Waals surface area contributed by atoms with Crippen molar-refractivity contribution in [1.29, 1.82) is 0 Å². The molecule has 7 rings (SSSR count). The van der Waals surface area contributed by atoms with Crippen LogP contribution in [0.5, 0.6) is 5.75 Å². The summed E-state index contributed by atoms with van der Waals surface area (Å²) in [4.78, 5) is 19.3. The van der Waals surface area contributed by atoms with E-state index in [-0.39, 0.29) is 5.82 Å². The zero-order valence-corrected chi connectivity index (χ0v) is 22.4. The van der Waals surface area contributed by atoms with Gasteiger partial charge in [-0.05, 0) is 62.7 Å². The smallest absolute Gasteiger partial charge is 0.181 e. The highest BCUT2D eigenvalue weighted by atomic mass is 19.1. The molecule has 0 unspecified atom stereocenters. The van der Waals surface area contributed by atoms with Crippen molar-refractivity contribution in [2.75, 3.05) is 26.2 Å². The van der Waals surface area contributed by atoms with Gasteiger partial charge in [-0.2, -0.15) is 5.10 Å². The van der Waals surface area contributed by atoms with Crippen LogP contribution in [-0.4, -0.2) is 65.8 Å². The Balaban J connectivity index is 1.23. The number of fused-ring (bicyclic) bond motifs is 2. The quantitative estimate of drug-likeness (QED) is 0.280. The number of halogens is 1. The first kappa shape index (κ1) is 24.5. The van der Waals surface area contributed by atoms with Crippen LogP contribution < -0.4 is 4.74 Å². The standard InChI is InChI=1S/C30H29FN8O/c1-18-33-17-28(38(18)2)20-11-24-29(36-37-30(24)34-14-20)26-13-23-25(15-32-16-27(23)35-26)19-9-21(31)12-22(10-19)40-8-7-39-5-3-4-6-39/h9-17,35H,3-8H2,1-2H3,(H,34,36,37). The van der Waals surface area contributed by atoms with Crippen molar-refractivity contribution in [3.8, 4) is 39.5 Å². The summed E-state index contributed by atoms with van der Waals surface area (Å²) >= 11 is 0. The van der Waals surface area contributed by atoms with Gasteiger partial charge in [0, 0.05) is 54.0 Å². The molecule has 9 nitrogen and oxygen atoms in total. The molecule has 0 bridgehead atoms. The second-order valence-electron chi connectivity index (χ2n) is 10.3. The van der Waals surface area contributed by atoms with E-state index >= 15 is 0 Å². The van der Waals surface area contributed by atoms with Gasteiger partial charge in [-0.15, -0.1) is 0 Å². The van der Waals surface area contributed by atoms with E-state index in [2.05, 4.69) is 41.1 Å². The lowest BCUT2D eigenvalue weighted by Crippen LogP contribution is -2.25. The summed E-state index contributed by atoms with van der Waals surface area (Å²) in [5.74, 6) is 1.10. The number of aryl methyl sites for hydroxylation is 1. The Morgan fingerprint density at radius 2 is 1.82 bits per heavy atom. The molecule has 0 saturated carbocycles. The largest absolute Gasteiger partial charge is 0.492 e. The fourth-order valence-electron chi connectivity index (χ4n) is 5.53. The van der Waals surface area contributed by atoms with Gasteiger partial charge in [-0.1, -0.05) is 0 Å². The van der Waals surface area contributed by atoms with Gasteiger partial charge in [-0.3, -0.25) is 15.0 Å². The molecule has 6 heterocycles. The van der Waals surface area contributed by atoms with Crippen LogP contribution in [0.2, 0.25) is 0 Å². The van der Waals surface area contributed by atoms with Crippen molar-refractivity contribution in [2.24, 2.45) is 7.05 Å². The first-order valence-electron chi connectivity index (χ1n) is 13.5. The van der Waals surface area contributed by atoms with Crippen LogP contribution in [0.15, 0.2) is 55.1 Å². The van der Waals surface area contributed by atoms with Gasteiger partial charge < -0.3 is 14.3 Å². The van der Waals surface area contributed by atoms with E-state index in [1.54, 1.807) is 12.4 Å². The summed E-state index contributed by atoms with van der Waals surface area (Å²) in [5.41, 5.74) is 6.57. The molecule has 0 amide bonds. The molecule has 0 atom stereocenters. The number of aromatic amines is 2. The number of hydrogen-bond acceptors (Lipinski definition) is 6. The molecule has 0 radical (unpaired) electrons. The van der Waals surface area contributed by atoms with Gasteiger partial charge in [0.15, 0.2) is 5.65 Å². The van der Waals surface area contributed by atoms with Crippen LogP contribution in [0, 0.1) is 12.7 Å². The van der Waals surface area contributed by atoms with Gasteiger partial charge in [0.2, 0.25) is 0 Å². The molecule has 40 heavy (non-hydrogen) atoms. The third kappa shape index (κ3) is 4.40. The van der Waals surface area contributed by atoms with Crippen molar-refractivity contribution >= 4 is 21.9 Å². The summed E-state index contributed by atoms with van der Waals surface area (Å²) in [5, 5.41) is 9.38. The number of rotatable bonds is 7. The van der Waals surface area contributed by atoms with E-state index in [4.69, 9.17) is 4.74 Å². The normalized spacial score (nSPS) is 14.1. The molecule has 10 heteroatoms. The number of hydrogen-bond donors (Lipinski definition) is 2. The maximum absolute atomic E-state index is 14.7. The fourth-order valence-corrected chi connectivity index (χ4v) is 5.53. The maximum Gasteiger partial charge on any atom is 0.181 e. The minimum absolute atomic E-state index is 0.343. The highest BCUT2D eigenvalue weighted by Gasteiger charge is 2.17. The monoisotopic (exact) mass is 536 g/mol. The molecule has 2 N–H and O–H groups in total. The SMILES string of the molecule is Cc1ncc(-c2cnc3n[nH]c(-c4cc5c(-c6cc(F)cc(OCCN7CCCC7)c6)cncc5[nH]4)c3c2)n1C. The van der Waals surface area contributed by atoms with E-state index in [0.717, 1.165) is 70.0 Å². The van der Waals surface area contributed by atoms with E-state index in [1.807, 2.05) is 43.1 Å². The summed E-state index contributed by atoms with van der Waals surface area (Å²) in [6.07, 6.45) is 9.66. The number of benzene rings is 1. The summed E-state index contributed by atoms with van der Waals surface area (Å²) < 4.78 is 22.7. The van der Waals surface area contributed by atoms with Crippen molar-refractivity contribution in [1.82, 2.24) is 39.6 Å². The van der Waals surface area contributed by atoms with Crippen molar-refractivity contribution in [2.45, 2.75) is 19.8 Å². The Labute approximate surface area is 230 Å². The van der Waals surface area contributed by atoms with Crippen LogP contribution in [-0.2, 0) is 7.05 Å². The Bertz CT molecular complexity index is 1850. The Hall–Kier alpha value is -4.57. The predicted octanol–water partition coefficient (Wildman–Crippen LogP) is 5.49. The Kier molecular flexibility index (Phi) is 6.04. The van der Waals surface area contributed by atoms with Gasteiger partial charge in [0.1, 0.15) is 24.0 Å². The van der Waals surface area contributed by atoms with E-state index in [1.165, 1.54) is 25.0 Å². The highest BCUT2D eigenvalue weighted by Crippen LogP contribution is 2.35. The van der Waals surface area contributed by atoms with E-state index in [9.17, 15) is 4.39 Å². The number of pyridine rings is 2. The molecule has 0 spiro atoms. The van der Waals surface area contributed by atoms with Crippen molar-refractivity contribution < 1.29 is 9.13 Å². The van der Waals surface area contributed by atoms with E-state index in [0.29, 0.717) is 23.6 Å². The van der Waals surface area contributed by atoms with Gasteiger partial charge >= 0.3 is 0 Å². The van der Waals surface area contributed by atoms with Crippen LogP contribution in [0.4, 0.5) is 4.39 Å². The lowest BCUT2D eigenvalue weighted by molar-refractivity contribution is 0.237. The minimum atomic E-state index is -0.343. The molecule has 1 aromatic carbocycles. The summed E-state index contributed by atoms with van der Waals surface area (Å²) in [6.45, 7) is 5.55. The second-order valence-corrected chi connectivity index (χ2v) is 10.3. The first-order chi connectivity index (χ1) is 19.5. The van der Waals surface area contributed by atoms with Crippen molar-refractivity contribution in [3.63, 3.8) is 0 Å². The zero-order valence-electron chi connectivity index (χ0n) is 22.4. The number of likely N-dealkylation sites (tertiary alicyclic amines) is 1. The molecule has 0 aliphatic carbocycles. The molecule has 1 saturated heterocycles. The second kappa shape index (κ2) is 9.87. The zero-order chi connectivity index (χ0) is 27.2. The Morgan fingerprint density at radius 1 is 0.950 bits per heavy atom. The molecular weight excluding hydrogens is 507 g/mol. The van der Waals surface area contributed by atoms with Crippen molar-refractivity contribution in [3.05, 3.63) is 66.8 Å². The Morgan fingerprint density at radius 3 is 2.65 bits per heavy atom. The first-order valence-corrected chi connectivity index (χ1v) is 13.5. The summed E-state index contributed by atoms with van der Waals surface area (Å²) in [7, 11) is 1.99. The fraction of sp³-hybridized carbons (Fsp3) is 0.267. The molecule has 1 aliphatic rings. The molecule has 1 fully saturated rings. The lowest BCUT2D eigenvalue weighted by atomic mass is 10.0. The molecule has 6 aromatic rings. The number of nitrogens with zero attached hydrogens (tertiary/aromatic N) is 6. The minimum Gasteiger partial charge on any atom is -0.492 e. The highest BCUT2D eigenvalue weighted by molar-refractivity contribution is 6.00. The summed E-state index contributed by atoms with van der Waals surface area (Å²) in [6, 6.07) is 8.95. The number of H-pyrrole nitrogens is 2. The predicted molar refractivity (Wildman–Crippen MR) is 152 cm³/mol. The molecule has 5 aromatic heterocycles. The van der Waals surface area contributed by atoms with Gasteiger partial charge in [0.25, 0.3) is 0 Å². The molecule has 1 aliphatic heterocycles. The van der Waals surface area contributed by atoms with Gasteiger partial charge in [-0.25, -0.2) is 14.4 Å². The maximum atomic E-state index is 14.7. The van der Waals surface area contributed by atoms with E-state index < -0.39 is 0 Å². The average Bonchev–Trinajstić information content (AvgIpc) is 3.75. The number of ether oxygens (including phenoxy) is 1. The van der Waals surface area contributed by atoms with Crippen LogP contribution in [0.25, 0.3) is 55.7 Å². The molecular formula is C30H29FN8O. The van der Waals surface area contributed by atoms with Gasteiger partial charge in [0.05, 0.1) is 35.0 Å². The third-order valence-corrected chi connectivity index (χ3v) is 7.80.